The van der Waals surface area contributed by atoms with Gasteiger partial charge in [-0.25, -0.2) is 14.8 Å². The van der Waals surface area contributed by atoms with E-state index < -0.39 is 6.03 Å². The molecular formula is C17H22N6O2S2. The zero-order valence-electron chi connectivity index (χ0n) is 15.7. The molecule has 2 rings (SSSR count). The molecule has 27 heavy (non-hydrogen) atoms. The number of anilines is 1. The Bertz CT molecular complexity index is 860. The van der Waals surface area contributed by atoms with Crippen LogP contribution >= 0.6 is 22.7 Å². The van der Waals surface area contributed by atoms with Crippen LogP contribution in [0.1, 0.15) is 37.9 Å². The second kappa shape index (κ2) is 8.92. The molecule has 3 amide bonds. The van der Waals surface area contributed by atoms with Gasteiger partial charge < -0.3 is 10.6 Å². The van der Waals surface area contributed by atoms with E-state index in [9.17, 15) is 9.59 Å². The van der Waals surface area contributed by atoms with Crippen LogP contribution in [-0.4, -0.2) is 34.0 Å². The lowest BCUT2D eigenvalue weighted by Gasteiger charge is -2.20. The third-order valence-corrected chi connectivity index (χ3v) is 5.13. The Morgan fingerprint density at radius 2 is 2.04 bits per heavy atom. The molecule has 2 heterocycles. The molecule has 144 valence electrons. The lowest BCUT2D eigenvalue weighted by molar-refractivity contribution is -0.122. The fraction of sp³-hybridized carbons (Fsp3) is 0.471. The Morgan fingerprint density at radius 1 is 1.30 bits per heavy atom. The molecule has 2 aromatic rings. The summed E-state index contributed by atoms with van der Waals surface area (Å²) >= 11 is 2.74. The number of nitrogens with zero attached hydrogens (tertiary/aromatic N) is 3. The maximum absolute atomic E-state index is 12.0. The Balaban J connectivity index is 1.88. The minimum absolute atomic E-state index is 0.119. The predicted molar refractivity (Wildman–Crippen MR) is 107 cm³/mol. The Labute approximate surface area is 166 Å². The summed E-state index contributed by atoms with van der Waals surface area (Å²) < 4.78 is 0. The summed E-state index contributed by atoms with van der Waals surface area (Å²) in [6, 6.07) is 1.66. The third kappa shape index (κ3) is 6.62. The van der Waals surface area contributed by atoms with Gasteiger partial charge in [0, 0.05) is 23.9 Å². The van der Waals surface area contributed by atoms with Gasteiger partial charge >= 0.3 is 6.03 Å². The zero-order valence-corrected chi connectivity index (χ0v) is 17.3. The quantitative estimate of drug-likeness (QED) is 0.681. The molecule has 10 heteroatoms. The van der Waals surface area contributed by atoms with Gasteiger partial charge in [0.05, 0.1) is 28.8 Å². The molecule has 0 aromatic carbocycles. The number of hydrogen-bond acceptors (Lipinski definition) is 7. The Morgan fingerprint density at radius 3 is 2.70 bits per heavy atom. The minimum Gasteiger partial charge on any atom is -0.351 e. The van der Waals surface area contributed by atoms with Gasteiger partial charge in [0.15, 0.2) is 5.13 Å². The smallest absolute Gasteiger partial charge is 0.321 e. The highest BCUT2D eigenvalue weighted by Crippen LogP contribution is 2.33. The van der Waals surface area contributed by atoms with E-state index in [-0.39, 0.29) is 30.8 Å². The summed E-state index contributed by atoms with van der Waals surface area (Å²) in [4.78, 5) is 33.3. The van der Waals surface area contributed by atoms with E-state index in [0.717, 1.165) is 21.3 Å². The number of amides is 3. The van der Waals surface area contributed by atoms with Crippen molar-refractivity contribution in [3.05, 3.63) is 16.1 Å². The predicted octanol–water partition coefficient (Wildman–Crippen LogP) is 3.07. The third-order valence-electron chi connectivity index (χ3n) is 3.18. The van der Waals surface area contributed by atoms with Gasteiger partial charge in [0.1, 0.15) is 5.01 Å². The summed E-state index contributed by atoms with van der Waals surface area (Å²) in [5.41, 5.74) is 1.22. The topological polar surface area (TPSA) is 120 Å². The average Bonchev–Trinajstić information content (AvgIpc) is 3.12. The first-order chi connectivity index (χ1) is 12.7. The summed E-state index contributed by atoms with van der Waals surface area (Å²) in [5.74, 6) is -0.119. The molecule has 0 radical (unpaired) electrons. The van der Waals surface area contributed by atoms with Crippen LogP contribution in [0.2, 0.25) is 0 Å². The molecule has 0 atom stereocenters. The minimum atomic E-state index is -0.415. The van der Waals surface area contributed by atoms with Crippen molar-refractivity contribution in [1.82, 2.24) is 20.6 Å². The molecule has 8 nitrogen and oxygen atoms in total. The van der Waals surface area contributed by atoms with Gasteiger partial charge in [-0.3, -0.25) is 10.1 Å². The summed E-state index contributed by atoms with van der Waals surface area (Å²) in [6.07, 6.45) is 0.478. The van der Waals surface area contributed by atoms with Gasteiger partial charge in [-0.1, -0.05) is 11.3 Å². The maximum atomic E-state index is 12.0. The zero-order chi connectivity index (χ0) is 20.0. The molecule has 0 aliphatic carbocycles. The van der Waals surface area contributed by atoms with Crippen molar-refractivity contribution in [2.24, 2.45) is 0 Å². The second-order valence-electron chi connectivity index (χ2n) is 6.82. The highest BCUT2D eigenvalue weighted by atomic mass is 32.1. The van der Waals surface area contributed by atoms with Crippen molar-refractivity contribution in [1.29, 1.82) is 5.26 Å². The van der Waals surface area contributed by atoms with Crippen LogP contribution in [0.15, 0.2) is 5.38 Å². The molecule has 0 saturated heterocycles. The van der Waals surface area contributed by atoms with E-state index in [2.05, 4.69) is 32.0 Å². The van der Waals surface area contributed by atoms with E-state index in [0.29, 0.717) is 5.13 Å². The van der Waals surface area contributed by atoms with Crippen LogP contribution in [0.5, 0.6) is 0 Å². The highest BCUT2D eigenvalue weighted by Gasteiger charge is 2.16. The molecule has 0 bridgehead atoms. The van der Waals surface area contributed by atoms with Crippen molar-refractivity contribution in [3.63, 3.8) is 0 Å². The average molecular weight is 407 g/mol. The van der Waals surface area contributed by atoms with Gasteiger partial charge in [-0.05, 0) is 27.7 Å². The highest BCUT2D eigenvalue weighted by molar-refractivity contribution is 7.19. The van der Waals surface area contributed by atoms with Crippen molar-refractivity contribution in [2.75, 3.05) is 11.9 Å². The van der Waals surface area contributed by atoms with E-state index in [1.165, 1.54) is 22.7 Å². The monoisotopic (exact) mass is 406 g/mol. The van der Waals surface area contributed by atoms with Crippen LogP contribution in [0.25, 0.3) is 10.6 Å². The number of nitrogens with one attached hydrogen (secondary N) is 3. The lowest BCUT2D eigenvalue weighted by Crippen LogP contribution is -2.42. The molecular weight excluding hydrogens is 384 g/mol. The van der Waals surface area contributed by atoms with Crippen LogP contribution in [0.4, 0.5) is 9.93 Å². The van der Waals surface area contributed by atoms with Gasteiger partial charge in [0.2, 0.25) is 5.91 Å². The lowest BCUT2D eigenvalue weighted by atomic mass is 10.1. The molecule has 0 spiro atoms. The fourth-order valence-electron chi connectivity index (χ4n) is 2.16. The molecule has 0 saturated carbocycles. The molecule has 0 fully saturated rings. The van der Waals surface area contributed by atoms with E-state index >= 15 is 0 Å². The SMILES string of the molecule is Cc1nc(NC(=O)NCCC(=O)NC(C)(C)C)sc1-c1csc(CC#N)n1. The molecule has 0 aliphatic rings. The van der Waals surface area contributed by atoms with Crippen LogP contribution in [0.3, 0.4) is 0 Å². The number of carbonyl (C=O) groups excluding carboxylic acids is 2. The molecule has 0 aliphatic heterocycles. The van der Waals surface area contributed by atoms with Crippen molar-refractivity contribution in [3.8, 4) is 16.6 Å². The number of nitriles is 1. The summed E-state index contributed by atoms with van der Waals surface area (Å²) in [5, 5.41) is 20.0. The van der Waals surface area contributed by atoms with Gasteiger partial charge in [0.25, 0.3) is 0 Å². The van der Waals surface area contributed by atoms with Crippen LogP contribution in [0, 0.1) is 18.3 Å². The largest absolute Gasteiger partial charge is 0.351 e. The van der Waals surface area contributed by atoms with Gasteiger partial charge in [-0.2, -0.15) is 5.26 Å². The number of hydrogen-bond donors (Lipinski definition) is 3. The summed E-state index contributed by atoms with van der Waals surface area (Å²) in [6.45, 7) is 7.78. The maximum Gasteiger partial charge on any atom is 0.321 e. The number of urea groups is 1. The van der Waals surface area contributed by atoms with Crippen LogP contribution in [-0.2, 0) is 11.2 Å². The van der Waals surface area contributed by atoms with Crippen LogP contribution < -0.4 is 16.0 Å². The first-order valence-corrected chi connectivity index (χ1v) is 10.0. The second-order valence-corrected chi connectivity index (χ2v) is 8.77. The fourth-order valence-corrected chi connectivity index (χ4v) is 3.88. The first kappa shape index (κ1) is 20.8. The first-order valence-electron chi connectivity index (χ1n) is 8.33. The molecule has 3 N–H and O–H groups in total. The van der Waals surface area contributed by atoms with Crippen molar-refractivity contribution < 1.29 is 9.59 Å². The van der Waals surface area contributed by atoms with E-state index in [1.54, 1.807) is 0 Å². The normalized spacial score (nSPS) is 10.9. The molecule has 2 aromatic heterocycles. The standard InChI is InChI=1S/C17H22N6O2S2/c1-10-14(11-9-26-13(21-11)5-7-18)27-16(20-10)22-15(25)19-8-6-12(24)23-17(2,3)4/h9H,5-6,8H2,1-4H3,(H,23,24)(H2,19,20,22,25). The number of carbonyl (C=O) groups is 2. The number of rotatable bonds is 6. The Kier molecular flexibility index (Phi) is 6.87. The summed E-state index contributed by atoms with van der Waals surface area (Å²) in [7, 11) is 0. The number of aryl methyl sites for hydroxylation is 1. The number of aromatic nitrogens is 2. The van der Waals surface area contributed by atoms with Crippen molar-refractivity contribution in [2.45, 2.75) is 46.1 Å². The van der Waals surface area contributed by atoms with E-state index in [1.807, 2.05) is 33.1 Å². The number of thiazole rings is 2. The van der Waals surface area contributed by atoms with E-state index in [4.69, 9.17) is 5.26 Å². The van der Waals surface area contributed by atoms with Gasteiger partial charge in [-0.15, -0.1) is 11.3 Å². The Hall–Kier alpha value is -2.51. The molecule has 0 unspecified atom stereocenters. The van der Waals surface area contributed by atoms with Crippen molar-refractivity contribution >= 4 is 39.7 Å².